The van der Waals surface area contributed by atoms with E-state index >= 15 is 0 Å². The van der Waals surface area contributed by atoms with Crippen LogP contribution in [0.5, 0.6) is 5.75 Å². The van der Waals surface area contributed by atoms with Crippen LogP contribution < -0.4 is 10.1 Å². The van der Waals surface area contributed by atoms with Crippen LogP contribution >= 0.6 is 12.2 Å². The van der Waals surface area contributed by atoms with Crippen LogP contribution in [0.3, 0.4) is 0 Å². The van der Waals surface area contributed by atoms with Gasteiger partial charge in [0.25, 0.3) is 0 Å². The zero-order chi connectivity index (χ0) is 15.6. The second kappa shape index (κ2) is 6.13. The molecule has 2 N–H and O–H groups in total. The summed E-state index contributed by atoms with van der Waals surface area (Å²) in [5.74, 6) is -0.211. The van der Waals surface area contributed by atoms with E-state index in [1.807, 2.05) is 36.1 Å². The lowest BCUT2D eigenvalue weighted by Gasteiger charge is -2.38. The Morgan fingerprint density at radius 1 is 1.43 bits per heavy atom. The number of likely N-dealkylation sites (N-methyl/N-ethyl adjacent to an activating group) is 1. The number of aliphatic carboxylic acids is 1. The van der Waals surface area contributed by atoms with Crippen LogP contribution in [0.15, 0.2) is 35.5 Å². The van der Waals surface area contributed by atoms with Crippen molar-refractivity contribution in [3.63, 3.8) is 0 Å². The van der Waals surface area contributed by atoms with Crippen LogP contribution in [-0.2, 0) is 4.79 Å². The van der Waals surface area contributed by atoms with Crippen LogP contribution in [0.1, 0.15) is 25.5 Å². The molecular formula is C15H18N2O3S. The summed E-state index contributed by atoms with van der Waals surface area (Å²) in [7, 11) is 1.60. The maximum absolute atomic E-state index is 11.6. The normalized spacial score (nSPS) is 18.5. The third-order valence-corrected chi connectivity index (χ3v) is 3.88. The number of rotatable bonds is 4. The summed E-state index contributed by atoms with van der Waals surface area (Å²) >= 11 is 5.33. The van der Waals surface area contributed by atoms with E-state index in [2.05, 4.69) is 5.32 Å². The second-order valence-electron chi connectivity index (χ2n) is 4.74. The molecule has 0 aliphatic carbocycles. The Morgan fingerprint density at radius 3 is 2.52 bits per heavy atom. The first kappa shape index (κ1) is 15.3. The van der Waals surface area contributed by atoms with Gasteiger partial charge >= 0.3 is 5.97 Å². The molecule has 0 saturated carbocycles. The number of carboxylic acid groups (broad SMARTS) is 1. The summed E-state index contributed by atoms with van der Waals surface area (Å²) in [5, 5.41) is 13.1. The fourth-order valence-electron chi connectivity index (χ4n) is 2.51. The Morgan fingerprint density at radius 2 is 2.05 bits per heavy atom. The van der Waals surface area contributed by atoms with E-state index < -0.39 is 12.0 Å². The molecule has 21 heavy (non-hydrogen) atoms. The highest BCUT2D eigenvalue weighted by Crippen LogP contribution is 2.34. The molecule has 0 aromatic heterocycles. The summed E-state index contributed by atoms with van der Waals surface area (Å²) in [5.41, 5.74) is 1.77. The first-order valence-electron chi connectivity index (χ1n) is 6.65. The van der Waals surface area contributed by atoms with Crippen LogP contribution in [0, 0.1) is 0 Å². The number of methoxy groups -OCH3 is 1. The van der Waals surface area contributed by atoms with Gasteiger partial charge < -0.3 is 20.1 Å². The highest BCUT2D eigenvalue weighted by molar-refractivity contribution is 7.80. The van der Waals surface area contributed by atoms with E-state index in [1.165, 1.54) is 0 Å². The minimum atomic E-state index is -0.943. The molecular weight excluding hydrogens is 288 g/mol. The highest BCUT2D eigenvalue weighted by Gasteiger charge is 2.35. The standard InChI is InChI=1S/C15H18N2O3S/c1-4-17-13(10-5-7-11(20-3)8-6-10)12(14(18)19)9(2)16-15(17)21/h5-8,13H,4H2,1-3H3,(H,16,21)(H,18,19). The molecule has 0 radical (unpaired) electrons. The van der Waals surface area contributed by atoms with Crippen molar-refractivity contribution in [2.45, 2.75) is 19.9 Å². The van der Waals surface area contributed by atoms with Crippen molar-refractivity contribution in [3.05, 3.63) is 41.1 Å². The topological polar surface area (TPSA) is 61.8 Å². The molecule has 0 bridgehead atoms. The van der Waals surface area contributed by atoms with Gasteiger partial charge in [-0.25, -0.2) is 4.79 Å². The van der Waals surface area contributed by atoms with Crippen LogP contribution in [0.25, 0.3) is 0 Å². The SMILES string of the molecule is CCN1C(=S)NC(C)=C(C(=O)O)C1c1ccc(OC)cc1. The number of nitrogens with one attached hydrogen (secondary N) is 1. The number of thiocarbonyl (C=S) groups is 1. The first-order valence-corrected chi connectivity index (χ1v) is 7.06. The molecule has 1 aromatic carbocycles. The molecule has 0 saturated heterocycles. The number of carbonyl (C=O) groups is 1. The maximum atomic E-state index is 11.6. The van der Waals surface area contributed by atoms with Gasteiger partial charge in [-0.1, -0.05) is 12.1 Å². The van der Waals surface area contributed by atoms with Crippen molar-refractivity contribution < 1.29 is 14.6 Å². The number of hydrogen-bond acceptors (Lipinski definition) is 3. The molecule has 0 spiro atoms. The lowest BCUT2D eigenvalue weighted by molar-refractivity contribution is -0.133. The molecule has 112 valence electrons. The van der Waals surface area contributed by atoms with Crippen molar-refractivity contribution in [1.29, 1.82) is 0 Å². The smallest absolute Gasteiger partial charge is 0.335 e. The Balaban J connectivity index is 2.54. The van der Waals surface area contributed by atoms with Gasteiger partial charge in [0.1, 0.15) is 5.75 Å². The average molecular weight is 306 g/mol. The van der Waals surface area contributed by atoms with Gasteiger partial charge in [0.2, 0.25) is 0 Å². The van der Waals surface area contributed by atoms with Crippen molar-refractivity contribution >= 4 is 23.3 Å². The summed E-state index contributed by atoms with van der Waals surface area (Å²) in [6.45, 7) is 4.30. The molecule has 2 rings (SSSR count). The average Bonchev–Trinajstić information content (AvgIpc) is 2.46. The number of nitrogens with zero attached hydrogens (tertiary/aromatic N) is 1. The summed E-state index contributed by atoms with van der Waals surface area (Å²) in [6.07, 6.45) is 0. The molecule has 1 atom stereocenters. The van der Waals surface area contributed by atoms with Gasteiger partial charge in [-0.05, 0) is 43.8 Å². The number of carboxylic acids is 1. The molecule has 1 aromatic rings. The number of hydrogen-bond donors (Lipinski definition) is 2. The largest absolute Gasteiger partial charge is 0.497 e. The molecule has 0 fully saturated rings. The lowest BCUT2D eigenvalue weighted by Crippen LogP contribution is -2.48. The van der Waals surface area contributed by atoms with Crippen molar-refractivity contribution in [3.8, 4) is 5.75 Å². The molecule has 0 amide bonds. The van der Waals surface area contributed by atoms with Crippen LogP contribution in [0.4, 0.5) is 0 Å². The van der Waals surface area contributed by atoms with E-state index in [9.17, 15) is 9.90 Å². The van der Waals surface area contributed by atoms with E-state index in [4.69, 9.17) is 17.0 Å². The minimum Gasteiger partial charge on any atom is -0.497 e. The molecule has 6 heteroatoms. The van der Waals surface area contributed by atoms with Crippen LogP contribution in [0.2, 0.25) is 0 Å². The number of ether oxygens (including phenoxy) is 1. The first-order chi connectivity index (χ1) is 9.99. The summed E-state index contributed by atoms with van der Waals surface area (Å²) in [4.78, 5) is 13.5. The molecule has 1 aliphatic heterocycles. The second-order valence-corrected chi connectivity index (χ2v) is 5.12. The van der Waals surface area contributed by atoms with Gasteiger partial charge in [0.05, 0.1) is 18.7 Å². The van der Waals surface area contributed by atoms with Crippen molar-refractivity contribution in [1.82, 2.24) is 10.2 Å². The van der Waals surface area contributed by atoms with Gasteiger partial charge in [-0.2, -0.15) is 0 Å². The monoisotopic (exact) mass is 306 g/mol. The zero-order valence-electron chi connectivity index (χ0n) is 12.2. The fourth-order valence-corrected chi connectivity index (χ4v) is 2.90. The summed E-state index contributed by atoms with van der Waals surface area (Å²) < 4.78 is 5.15. The van der Waals surface area contributed by atoms with E-state index in [0.717, 1.165) is 11.3 Å². The molecule has 1 heterocycles. The number of benzene rings is 1. The van der Waals surface area contributed by atoms with Gasteiger partial charge in [-0.3, -0.25) is 0 Å². The van der Waals surface area contributed by atoms with Gasteiger partial charge in [0, 0.05) is 12.2 Å². The minimum absolute atomic E-state index is 0.315. The Labute approximate surface area is 129 Å². The number of allylic oxidation sites excluding steroid dienone is 1. The Kier molecular flexibility index (Phi) is 4.47. The lowest BCUT2D eigenvalue weighted by atomic mass is 9.94. The van der Waals surface area contributed by atoms with Crippen LogP contribution in [-0.4, -0.2) is 34.7 Å². The summed E-state index contributed by atoms with van der Waals surface area (Å²) in [6, 6.07) is 6.99. The van der Waals surface area contributed by atoms with Crippen molar-refractivity contribution in [2.24, 2.45) is 0 Å². The van der Waals surface area contributed by atoms with E-state index in [0.29, 0.717) is 22.9 Å². The quantitative estimate of drug-likeness (QED) is 0.832. The predicted molar refractivity (Wildman–Crippen MR) is 84.2 cm³/mol. The van der Waals surface area contributed by atoms with E-state index in [1.54, 1.807) is 14.0 Å². The van der Waals surface area contributed by atoms with E-state index in [-0.39, 0.29) is 0 Å². The van der Waals surface area contributed by atoms with Gasteiger partial charge in [0.15, 0.2) is 5.11 Å². The fraction of sp³-hybridized carbons (Fsp3) is 0.333. The third-order valence-electron chi connectivity index (χ3n) is 3.55. The zero-order valence-corrected chi connectivity index (χ0v) is 13.0. The molecule has 5 nitrogen and oxygen atoms in total. The third kappa shape index (κ3) is 2.85. The molecule has 1 aliphatic rings. The molecule has 1 unspecified atom stereocenters. The predicted octanol–water partition coefficient (Wildman–Crippen LogP) is 2.30. The Bertz CT molecular complexity index is 595. The highest BCUT2D eigenvalue weighted by atomic mass is 32.1. The van der Waals surface area contributed by atoms with Gasteiger partial charge in [-0.15, -0.1) is 0 Å². The maximum Gasteiger partial charge on any atom is 0.335 e. The van der Waals surface area contributed by atoms with Crippen molar-refractivity contribution in [2.75, 3.05) is 13.7 Å². The Hall–Kier alpha value is -2.08.